The predicted octanol–water partition coefficient (Wildman–Crippen LogP) is 3.67. The highest BCUT2D eigenvalue weighted by molar-refractivity contribution is 5.87. The normalized spacial score (nSPS) is 12.5. The van der Waals surface area contributed by atoms with Crippen molar-refractivity contribution < 1.29 is 4.79 Å². The van der Waals surface area contributed by atoms with Crippen molar-refractivity contribution in [1.29, 1.82) is 0 Å². The molecule has 0 fully saturated rings. The number of hydrogen-bond donors (Lipinski definition) is 4. The number of carbonyl (C=O) groups is 1. The molecule has 1 aromatic heterocycles. The first-order chi connectivity index (χ1) is 13.7. The van der Waals surface area contributed by atoms with E-state index in [1.54, 1.807) is 0 Å². The van der Waals surface area contributed by atoms with Gasteiger partial charge in [-0.2, -0.15) is 0 Å². The van der Waals surface area contributed by atoms with Crippen LogP contribution in [0, 0.1) is 0 Å². The minimum absolute atomic E-state index is 0.189. The number of unbranched alkanes of at least 4 members (excludes halogenated alkanes) is 6. The lowest BCUT2D eigenvalue weighted by Gasteiger charge is -2.10. The highest BCUT2D eigenvalue weighted by atomic mass is 16.1. The van der Waals surface area contributed by atoms with E-state index in [1.807, 2.05) is 24.4 Å². The molecule has 0 amide bonds. The van der Waals surface area contributed by atoms with Gasteiger partial charge >= 0.3 is 0 Å². The Bertz CT molecular complexity index is 682. The first-order valence-electron chi connectivity index (χ1n) is 11.0. The molecule has 0 bridgehead atoms. The number of aromatic nitrogens is 1. The number of H-pyrrole nitrogens is 1. The fourth-order valence-corrected chi connectivity index (χ4v) is 3.62. The molecule has 1 atom stereocenters. The number of benzene rings is 1. The molecule has 2 rings (SSSR count). The van der Waals surface area contributed by atoms with Crippen molar-refractivity contribution in [1.82, 2.24) is 10.3 Å². The number of aromatic amines is 1. The zero-order valence-corrected chi connectivity index (χ0v) is 17.2. The molecule has 5 nitrogen and oxygen atoms in total. The molecule has 6 N–H and O–H groups in total. The largest absolute Gasteiger partial charge is 0.361 e. The van der Waals surface area contributed by atoms with Gasteiger partial charge in [-0.05, 0) is 56.9 Å². The summed E-state index contributed by atoms with van der Waals surface area (Å²) in [5.41, 5.74) is 13.9. The van der Waals surface area contributed by atoms with Crippen molar-refractivity contribution in [3.05, 3.63) is 36.0 Å². The number of nitrogens with one attached hydrogen (secondary N) is 2. The number of hydrogen-bond acceptors (Lipinski definition) is 4. The van der Waals surface area contributed by atoms with Crippen molar-refractivity contribution in [2.45, 2.75) is 70.3 Å². The third kappa shape index (κ3) is 8.13. The number of carbonyl (C=O) groups excluding carboxylic acids is 1. The van der Waals surface area contributed by atoms with E-state index in [-0.39, 0.29) is 5.78 Å². The molecule has 0 radical (unpaired) electrons. The van der Waals surface area contributed by atoms with Gasteiger partial charge in [-0.1, -0.05) is 50.3 Å². The van der Waals surface area contributed by atoms with Crippen LogP contribution in [-0.2, 0) is 11.2 Å². The summed E-state index contributed by atoms with van der Waals surface area (Å²) in [7, 11) is 0. The Labute approximate surface area is 169 Å². The van der Waals surface area contributed by atoms with Crippen molar-refractivity contribution in [2.75, 3.05) is 19.6 Å². The molecule has 0 spiro atoms. The average Bonchev–Trinajstić information content (AvgIpc) is 3.11. The molecule has 1 aromatic carbocycles. The Morgan fingerprint density at radius 1 is 0.964 bits per heavy atom. The van der Waals surface area contributed by atoms with Gasteiger partial charge in [0.05, 0.1) is 6.04 Å². The van der Waals surface area contributed by atoms with Gasteiger partial charge in [0.2, 0.25) is 0 Å². The lowest BCUT2D eigenvalue weighted by molar-refractivity contribution is -0.120. The van der Waals surface area contributed by atoms with Gasteiger partial charge in [-0.3, -0.25) is 4.79 Å². The van der Waals surface area contributed by atoms with E-state index >= 15 is 0 Å². The molecule has 156 valence electrons. The van der Waals surface area contributed by atoms with E-state index in [0.717, 1.165) is 50.0 Å². The third-order valence-corrected chi connectivity index (χ3v) is 5.36. The number of Topliss-reactive ketones (excluding diaryl/α,β-unsaturated/α-hetero) is 1. The first-order valence-corrected chi connectivity index (χ1v) is 11.0. The maximum Gasteiger partial charge on any atom is 0.149 e. The lowest BCUT2D eigenvalue weighted by Crippen LogP contribution is -2.32. The van der Waals surface area contributed by atoms with Gasteiger partial charge in [0, 0.05) is 23.5 Å². The van der Waals surface area contributed by atoms with Crippen LogP contribution in [0.1, 0.15) is 63.4 Å². The Balaban J connectivity index is 1.49. The van der Waals surface area contributed by atoms with Crippen LogP contribution in [0.25, 0.3) is 10.9 Å². The monoisotopic (exact) mass is 386 g/mol. The van der Waals surface area contributed by atoms with Crippen LogP contribution in [0.2, 0.25) is 0 Å². The van der Waals surface area contributed by atoms with Crippen LogP contribution < -0.4 is 16.8 Å². The molecule has 2 aromatic rings. The minimum atomic E-state index is -0.397. The number of nitrogens with two attached hydrogens (primary N) is 2. The maximum absolute atomic E-state index is 12.3. The standard InChI is InChI=1S/C23H38N4O/c24-14-10-16-26-15-9-5-3-1-2-4-6-13-23(28)21(25)17-19-18-27-22-12-8-7-11-20(19)22/h7-8,11-12,18,21,26-27H,1-6,9-10,13-17,24-25H2. The average molecular weight is 387 g/mol. The van der Waals surface area contributed by atoms with Gasteiger partial charge < -0.3 is 21.8 Å². The van der Waals surface area contributed by atoms with Crippen LogP contribution in [-0.4, -0.2) is 36.4 Å². The summed E-state index contributed by atoms with van der Waals surface area (Å²) in [5.74, 6) is 0.189. The molecule has 1 unspecified atom stereocenters. The van der Waals surface area contributed by atoms with Crippen LogP contribution in [0.5, 0.6) is 0 Å². The van der Waals surface area contributed by atoms with Gasteiger partial charge in [0.1, 0.15) is 5.78 Å². The van der Waals surface area contributed by atoms with Crippen LogP contribution in [0.4, 0.5) is 0 Å². The highest BCUT2D eigenvalue weighted by Crippen LogP contribution is 2.19. The van der Waals surface area contributed by atoms with Crippen molar-refractivity contribution >= 4 is 16.7 Å². The SMILES string of the molecule is NCCCNCCCCCCCCCC(=O)C(N)Cc1c[nH]c2ccccc12. The Morgan fingerprint density at radius 3 is 2.43 bits per heavy atom. The molecule has 28 heavy (non-hydrogen) atoms. The summed E-state index contributed by atoms with van der Waals surface area (Å²) in [6, 6.07) is 7.75. The van der Waals surface area contributed by atoms with Gasteiger partial charge in [0.15, 0.2) is 0 Å². The molecule has 5 heteroatoms. The Morgan fingerprint density at radius 2 is 1.64 bits per heavy atom. The Hall–Kier alpha value is -1.69. The first kappa shape index (κ1) is 22.6. The van der Waals surface area contributed by atoms with E-state index in [4.69, 9.17) is 11.5 Å². The summed E-state index contributed by atoms with van der Waals surface area (Å²) in [6.45, 7) is 2.90. The van der Waals surface area contributed by atoms with E-state index < -0.39 is 6.04 Å². The summed E-state index contributed by atoms with van der Waals surface area (Å²) in [4.78, 5) is 15.6. The number of rotatable bonds is 16. The topological polar surface area (TPSA) is 96.9 Å². The smallest absolute Gasteiger partial charge is 0.149 e. The quantitative estimate of drug-likeness (QED) is 0.331. The summed E-state index contributed by atoms with van der Waals surface area (Å²) in [6.07, 6.45) is 12.6. The molecule has 1 heterocycles. The second kappa shape index (κ2) is 13.5. The zero-order chi connectivity index (χ0) is 20.0. The van der Waals surface area contributed by atoms with E-state index in [9.17, 15) is 4.79 Å². The molecular weight excluding hydrogens is 348 g/mol. The van der Waals surface area contributed by atoms with Crippen LogP contribution in [0.15, 0.2) is 30.5 Å². The van der Waals surface area contributed by atoms with Gasteiger partial charge in [-0.25, -0.2) is 0 Å². The van der Waals surface area contributed by atoms with Crippen LogP contribution >= 0.6 is 0 Å². The fraction of sp³-hybridized carbons (Fsp3) is 0.609. The lowest BCUT2D eigenvalue weighted by atomic mass is 9.98. The number of ketones is 1. The number of para-hydroxylation sites is 1. The second-order valence-electron chi connectivity index (χ2n) is 7.75. The molecule has 0 saturated carbocycles. The molecule has 0 aliphatic rings. The molecule has 0 aliphatic carbocycles. The predicted molar refractivity (Wildman–Crippen MR) is 118 cm³/mol. The highest BCUT2D eigenvalue weighted by Gasteiger charge is 2.15. The van der Waals surface area contributed by atoms with Gasteiger partial charge in [0.25, 0.3) is 0 Å². The summed E-state index contributed by atoms with van der Waals surface area (Å²) < 4.78 is 0. The van der Waals surface area contributed by atoms with E-state index in [0.29, 0.717) is 12.8 Å². The molecule has 0 aliphatic heterocycles. The zero-order valence-electron chi connectivity index (χ0n) is 17.2. The Kier molecular flexibility index (Phi) is 10.9. The van der Waals surface area contributed by atoms with Crippen LogP contribution in [0.3, 0.4) is 0 Å². The van der Waals surface area contributed by atoms with Gasteiger partial charge in [-0.15, -0.1) is 0 Å². The van der Waals surface area contributed by atoms with Crippen molar-refractivity contribution in [2.24, 2.45) is 11.5 Å². The summed E-state index contributed by atoms with van der Waals surface area (Å²) >= 11 is 0. The molecular formula is C23H38N4O. The summed E-state index contributed by atoms with van der Waals surface area (Å²) in [5, 5.41) is 4.58. The van der Waals surface area contributed by atoms with E-state index in [1.165, 1.54) is 37.5 Å². The molecule has 0 saturated heterocycles. The maximum atomic E-state index is 12.3. The number of fused-ring (bicyclic) bond motifs is 1. The third-order valence-electron chi connectivity index (χ3n) is 5.36. The minimum Gasteiger partial charge on any atom is -0.361 e. The van der Waals surface area contributed by atoms with Crippen molar-refractivity contribution in [3.8, 4) is 0 Å². The van der Waals surface area contributed by atoms with Crippen molar-refractivity contribution in [3.63, 3.8) is 0 Å². The second-order valence-corrected chi connectivity index (χ2v) is 7.75. The van der Waals surface area contributed by atoms with E-state index in [2.05, 4.69) is 16.4 Å². The fourth-order valence-electron chi connectivity index (χ4n) is 3.62.